The number of hydrogen-bond acceptors (Lipinski definition) is 5. The molecule has 0 radical (unpaired) electrons. The van der Waals surface area contributed by atoms with E-state index in [1.54, 1.807) is 11.5 Å². The molecule has 38 heavy (non-hydrogen) atoms. The van der Waals surface area contributed by atoms with Crippen molar-refractivity contribution >= 4 is 43.0 Å². The largest absolute Gasteiger partial charge is 0.340 e. The van der Waals surface area contributed by atoms with Crippen LogP contribution in [0.2, 0.25) is 24.7 Å². The summed E-state index contributed by atoms with van der Waals surface area (Å²) < 4.78 is 17.2. The van der Waals surface area contributed by atoms with Gasteiger partial charge in [-0.2, -0.15) is 0 Å². The molecule has 0 bridgehead atoms. The van der Waals surface area contributed by atoms with Gasteiger partial charge in [0.25, 0.3) is 17.6 Å². The first-order valence-corrected chi connectivity index (χ1v) is 16.7. The zero-order valence-electron chi connectivity index (χ0n) is 21.8. The van der Waals surface area contributed by atoms with Crippen LogP contribution in [-0.2, 0) is 29.5 Å². The molecule has 0 unspecified atom stereocenters. The van der Waals surface area contributed by atoms with Crippen LogP contribution in [0.25, 0.3) is 0 Å². The van der Waals surface area contributed by atoms with Crippen LogP contribution in [0, 0.1) is 12.7 Å². The fourth-order valence-electron chi connectivity index (χ4n) is 5.12. The van der Waals surface area contributed by atoms with Crippen LogP contribution >= 0.6 is 11.6 Å². The number of anilines is 1. The van der Waals surface area contributed by atoms with Gasteiger partial charge in [-0.1, -0.05) is 36.5 Å². The number of nitrogens with zero attached hydrogens (tertiary/aromatic N) is 4. The molecule has 0 saturated heterocycles. The smallest absolute Gasteiger partial charge is 0.293 e. The monoisotopic (exact) mass is 556 g/mol. The molecule has 1 aromatic carbocycles. The highest BCUT2D eigenvalue weighted by Gasteiger charge is 2.49. The number of ketones is 1. The van der Waals surface area contributed by atoms with Crippen molar-refractivity contribution < 1.29 is 18.8 Å². The SMILES string of the molecule is Cc1c(C(=O)C(=O)NC2(c3cn(C[Si](C)(C)C)nn3)CC2)c2n(c1C(=O)Nc1ccc(F)c(Cl)c1)CCC2. The molecule has 9 nitrogen and oxygen atoms in total. The first kappa shape index (κ1) is 26.3. The fraction of sp³-hybridized carbons (Fsp3) is 0.423. The Hall–Kier alpha value is -3.31. The van der Waals surface area contributed by atoms with Crippen LogP contribution in [0.15, 0.2) is 24.4 Å². The first-order chi connectivity index (χ1) is 17.9. The van der Waals surface area contributed by atoms with E-state index in [-0.39, 0.29) is 10.6 Å². The van der Waals surface area contributed by atoms with Gasteiger partial charge in [0.05, 0.1) is 30.4 Å². The Morgan fingerprint density at radius 2 is 1.95 bits per heavy atom. The van der Waals surface area contributed by atoms with E-state index in [9.17, 15) is 18.8 Å². The quantitative estimate of drug-likeness (QED) is 0.245. The number of nitrogens with one attached hydrogen (secondary N) is 2. The third-order valence-electron chi connectivity index (χ3n) is 7.00. The van der Waals surface area contributed by atoms with Gasteiger partial charge < -0.3 is 15.2 Å². The second-order valence-electron chi connectivity index (χ2n) is 11.4. The van der Waals surface area contributed by atoms with Crippen LogP contribution in [0.5, 0.6) is 0 Å². The number of carbonyl (C=O) groups is 3. The predicted octanol–water partition coefficient (Wildman–Crippen LogP) is 4.24. The number of aromatic nitrogens is 4. The number of fused-ring (bicyclic) bond motifs is 1. The summed E-state index contributed by atoms with van der Waals surface area (Å²) in [6, 6.07) is 3.91. The fourth-order valence-corrected chi connectivity index (χ4v) is 6.42. The molecule has 2 aromatic heterocycles. The molecule has 200 valence electrons. The molecular formula is C26H30ClFN6O3Si. The Bertz CT molecular complexity index is 1470. The lowest BCUT2D eigenvalue weighted by molar-refractivity contribution is -0.118. The van der Waals surface area contributed by atoms with E-state index in [4.69, 9.17) is 11.6 Å². The Morgan fingerprint density at radius 1 is 1.21 bits per heavy atom. The van der Waals surface area contributed by atoms with Gasteiger partial charge in [-0.05, 0) is 56.4 Å². The molecule has 1 saturated carbocycles. The molecule has 1 aliphatic heterocycles. The first-order valence-electron chi connectivity index (χ1n) is 12.6. The Morgan fingerprint density at radius 3 is 2.61 bits per heavy atom. The minimum Gasteiger partial charge on any atom is -0.340 e. The highest BCUT2D eigenvalue weighted by atomic mass is 35.5. The maximum Gasteiger partial charge on any atom is 0.293 e. The summed E-state index contributed by atoms with van der Waals surface area (Å²) in [6.07, 6.45) is 5.37. The third-order valence-corrected chi connectivity index (χ3v) is 8.57. The van der Waals surface area contributed by atoms with Gasteiger partial charge in [-0.15, -0.1) is 5.10 Å². The van der Waals surface area contributed by atoms with E-state index in [0.29, 0.717) is 54.1 Å². The molecule has 1 aliphatic carbocycles. The van der Waals surface area contributed by atoms with Crippen LogP contribution in [0.3, 0.4) is 0 Å². The molecule has 5 rings (SSSR count). The average Bonchev–Trinajstić information content (AvgIpc) is 3.14. The summed E-state index contributed by atoms with van der Waals surface area (Å²) in [6.45, 7) is 8.95. The molecule has 0 atom stereocenters. The lowest BCUT2D eigenvalue weighted by atomic mass is 10.0. The summed E-state index contributed by atoms with van der Waals surface area (Å²) in [4.78, 5) is 39.9. The van der Waals surface area contributed by atoms with Gasteiger partial charge in [0.1, 0.15) is 17.2 Å². The highest BCUT2D eigenvalue weighted by molar-refractivity contribution is 6.74. The summed E-state index contributed by atoms with van der Waals surface area (Å²) in [5.41, 5.74) is 1.99. The molecule has 1 fully saturated rings. The Labute approximate surface area is 225 Å². The maximum atomic E-state index is 13.5. The van der Waals surface area contributed by atoms with Crippen molar-refractivity contribution in [1.29, 1.82) is 0 Å². The number of halogens is 2. The van der Waals surface area contributed by atoms with Gasteiger partial charge >= 0.3 is 0 Å². The molecule has 2 N–H and O–H groups in total. The van der Waals surface area contributed by atoms with E-state index >= 15 is 0 Å². The minimum absolute atomic E-state index is 0.109. The minimum atomic E-state index is -1.41. The molecule has 2 aliphatic rings. The Balaban J connectivity index is 1.37. The van der Waals surface area contributed by atoms with Gasteiger partial charge in [0, 0.05) is 24.1 Å². The third kappa shape index (κ3) is 4.92. The molecule has 12 heteroatoms. The number of rotatable bonds is 8. The van der Waals surface area contributed by atoms with Crippen molar-refractivity contribution in [2.75, 3.05) is 5.32 Å². The number of carbonyl (C=O) groups excluding carboxylic acids is 3. The van der Waals surface area contributed by atoms with Gasteiger partial charge in [-0.25, -0.2) is 4.39 Å². The van der Waals surface area contributed by atoms with E-state index < -0.39 is 37.0 Å². The summed E-state index contributed by atoms with van der Waals surface area (Å²) in [5.74, 6) is -2.43. The highest BCUT2D eigenvalue weighted by Crippen LogP contribution is 2.44. The van der Waals surface area contributed by atoms with Crippen LogP contribution in [-0.4, -0.2) is 45.2 Å². The van der Waals surface area contributed by atoms with Crippen molar-refractivity contribution in [2.45, 2.75) is 70.5 Å². The lowest BCUT2D eigenvalue weighted by Gasteiger charge is -2.15. The van der Waals surface area contributed by atoms with Crippen molar-refractivity contribution in [3.8, 4) is 0 Å². The van der Waals surface area contributed by atoms with E-state index in [1.165, 1.54) is 18.2 Å². The normalized spacial score (nSPS) is 15.7. The second kappa shape index (κ2) is 9.46. The van der Waals surface area contributed by atoms with Crippen molar-refractivity contribution in [1.82, 2.24) is 24.9 Å². The lowest BCUT2D eigenvalue weighted by Crippen LogP contribution is -2.40. The van der Waals surface area contributed by atoms with E-state index in [2.05, 4.69) is 40.6 Å². The van der Waals surface area contributed by atoms with Crippen molar-refractivity contribution in [3.63, 3.8) is 0 Å². The topological polar surface area (TPSA) is 111 Å². The summed E-state index contributed by atoms with van der Waals surface area (Å²) >= 11 is 5.85. The zero-order chi connectivity index (χ0) is 27.4. The summed E-state index contributed by atoms with van der Waals surface area (Å²) in [7, 11) is -1.41. The molecular weight excluding hydrogens is 527 g/mol. The second-order valence-corrected chi connectivity index (χ2v) is 17.2. The molecule has 3 aromatic rings. The summed E-state index contributed by atoms with van der Waals surface area (Å²) in [5, 5.41) is 14.1. The molecule has 2 amide bonds. The van der Waals surface area contributed by atoms with E-state index in [1.807, 2.05) is 10.9 Å². The van der Waals surface area contributed by atoms with Gasteiger partial charge in [-0.3, -0.25) is 19.1 Å². The number of Topliss-reactive ketones (excluding diaryl/α,β-unsaturated/α-hetero) is 1. The van der Waals surface area contributed by atoms with Crippen molar-refractivity contribution in [2.24, 2.45) is 0 Å². The van der Waals surface area contributed by atoms with Crippen LogP contribution < -0.4 is 10.6 Å². The van der Waals surface area contributed by atoms with Crippen LogP contribution in [0.1, 0.15) is 57.1 Å². The average molecular weight is 557 g/mol. The van der Waals surface area contributed by atoms with Crippen LogP contribution in [0.4, 0.5) is 10.1 Å². The number of hydrogen-bond donors (Lipinski definition) is 2. The standard InChI is InChI=1S/C26H30ClFN6O3Si/c1-15-21(19-6-5-11-34(19)22(15)24(36)29-16-7-8-18(28)17(27)12-16)23(35)25(37)30-26(9-10-26)20-13-33(32-31-20)14-38(2,3)4/h7-8,12-13H,5-6,9-11,14H2,1-4H3,(H,29,36)(H,30,37). The Kier molecular flexibility index (Phi) is 6.55. The van der Waals surface area contributed by atoms with Gasteiger partial charge in [0.2, 0.25) is 0 Å². The number of amides is 2. The molecule has 0 spiro atoms. The van der Waals surface area contributed by atoms with Crippen molar-refractivity contribution in [3.05, 3.63) is 63.4 Å². The molecule has 3 heterocycles. The van der Waals surface area contributed by atoms with Gasteiger partial charge in [0.15, 0.2) is 0 Å². The zero-order valence-corrected chi connectivity index (χ0v) is 23.6. The number of benzene rings is 1. The van der Waals surface area contributed by atoms with E-state index in [0.717, 1.165) is 12.6 Å². The predicted molar refractivity (Wildman–Crippen MR) is 144 cm³/mol. The maximum absolute atomic E-state index is 13.5.